The number of carbonyl (C=O) groups excluding carboxylic acids is 1. The number of benzene rings is 1. The molecular weight excluding hydrogens is 270 g/mol. The second kappa shape index (κ2) is 5.54. The van der Waals surface area contributed by atoms with E-state index in [-0.39, 0.29) is 12.4 Å². The summed E-state index contributed by atoms with van der Waals surface area (Å²) >= 11 is 0. The molecule has 2 heterocycles. The van der Waals surface area contributed by atoms with Crippen LogP contribution < -0.4 is 15.4 Å². The van der Waals surface area contributed by atoms with E-state index < -0.39 is 5.91 Å². The Bertz CT molecular complexity index is 541. The molecule has 2 aliphatic rings. The molecule has 1 fully saturated rings. The van der Waals surface area contributed by atoms with Gasteiger partial charge in [-0.15, -0.1) is 0 Å². The Kier molecular flexibility index (Phi) is 3.73. The van der Waals surface area contributed by atoms with Crippen LogP contribution in [0.25, 0.3) is 0 Å². The van der Waals surface area contributed by atoms with Crippen molar-refractivity contribution in [1.29, 1.82) is 0 Å². The monoisotopic (exact) mass is 291 g/mol. The first-order chi connectivity index (χ1) is 10.1. The third kappa shape index (κ3) is 2.45. The summed E-state index contributed by atoms with van der Waals surface area (Å²) in [6.07, 6.45) is -0.204. The van der Waals surface area contributed by atoms with Crippen molar-refractivity contribution in [2.75, 3.05) is 31.2 Å². The van der Waals surface area contributed by atoms with E-state index in [1.165, 1.54) is 0 Å². The number of fused-ring (bicyclic) bond motifs is 1. The van der Waals surface area contributed by atoms with Gasteiger partial charge in [-0.1, -0.05) is 6.07 Å². The lowest BCUT2D eigenvalue weighted by Gasteiger charge is -2.38. The molecule has 0 radical (unpaired) electrons. The number of anilines is 1. The van der Waals surface area contributed by atoms with Gasteiger partial charge in [-0.05, 0) is 26.0 Å². The molecule has 0 unspecified atom stereocenters. The van der Waals surface area contributed by atoms with E-state index in [4.69, 9.17) is 15.2 Å². The van der Waals surface area contributed by atoms with E-state index in [0.717, 1.165) is 24.5 Å². The number of hydrogen-bond acceptors (Lipinski definition) is 5. The SMILES string of the molecule is CC(C)N1c2c(cccc2C(N)=O)O[C@@H]1N1CCOCC1. The zero-order valence-corrected chi connectivity index (χ0v) is 12.4. The van der Waals surface area contributed by atoms with Crippen LogP contribution in [-0.4, -0.2) is 49.5 Å². The lowest BCUT2D eigenvalue weighted by molar-refractivity contribution is -0.0404. The van der Waals surface area contributed by atoms with Crippen LogP contribution in [0.4, 0.5) is 5.69 Å². The minimum atomic E-state index is -0.427. The van der Waals surface area contributed by atoms with Crippen LogP contribution in [0.2, 0.25) is 0 Å². The van der Waals surface area contributed by atoms with Crippen LogP contribution in [0.3, 0.4) is 0 Å². The average molecular weight is 291 g/mol. The van der Waals surface area contributed by atoms with Crippen molar-refractivity contribution in [2.45, 2.75) is 26.2 Å². The molecule has 0 aromatic heterocycles. The molecule has 1 saturated heterocycles. The highest BCUT2D eigenvalue weighted by Gasteiger charge is 2.39. The first kappa shape index (κ1) is 14.2. The van der Waals surface area contributed by atoms with Gasteiger partial charge in [-0.2, -0.15) is 0 Å². The number of amides is 1. The molecule has 2 N–H and O–H groups in total. The summed E-state index contributed by atoms with van der Waals surface area (Å²) in [7, 11) is 0. The van der Waals surface area contributed by atoms with Gasteiger partial charge in [-0.3, -0.25) is 4.79 Å². The minimum absolute atomic E-state index is 0.194. The molecule has 2 aliphatic heterocycles. The number of primary amides is 1. The molecule has 3 rings (SSSR count). The fourth-order valence-corrected chi connectivity index (χ4v) is 2.93. The maximum atomic E-state index is 11.7. The highest BCUT2D eigenvalue weighted by molar-refractivity contribution is 6.00. The highest BCUT2D eigenvalue weighted by atomic mass is 16.5. The number of nitrogens with two attached hydrogens (primary N) is 1. The summed E-state index contributed by atoms with van der Waals surface area (Å²) < 4.78 is 11.5. The van der Waals surface area contributed by atoms with Gasteiger partial charge in [0, 0.05) is 19.1 Å². The summed E-state index contributed by atoms with van der Waals surface area (Å²) in [5, 5.41) is 0. The van der Waals surface area contributed by atoms with Crippen molar-refractivity contribution in [3.05, 3.63) is 23.8 Å². The fourth-order valence-electron chi connectivity index (χ4n) is 2.93. The Morgan fingerprint density at radius 2 is 2.05 bits per heavy atom. The molecule has 1 aromatic carbocycles. The Morgan fingerprint density at radius 1 is 1.33 bits per heavy atom. The minimum Gasteiger partial charge on any atom is -0.455 e. The molecule has 0 aliphatic carbocycles. The second-order valence-electron chi connectivity index (χ2n) is 5.61. The lowest BCUT2D eigenvalue weighted by atomic mass is 10.1. The number of morpholine rings is 1. The number of hydrogen-bond donors (Lipinski definition) is 1. The lowest BCUT2D eigenvalue weighted by Crippen LogP contribution is -2.55. The molecule has 6 heteroatoms. The van der Waals surface area contributed by atoms with Crippen LogP contribution in [-0.2, 0) is 4.74 Å². The molecule has 1 aromatic rings. The predicted octanol–water partition coefficient (Wildman–Crippen LogP) is 1.01. The van der Waals surface area contributed by atoms with Crippen LogP contribution in [0.1, 0.15) is 24.2 Å². The number of carbonyl (C=O) groups is 1. The van der Waals surface area contributed by atoms with Crippen LogP contribution in [0.15, 0.2) is 18.2 Å². The second-order valence-corrected chi connectivity index (χ2v) is 5.61. The summed E-state index contributed by atoms with van der Waals surface area (Å²) in [6, 6.07) is 5.64. The molecule has 6 nitrogen and oxygen atoms in total. The fraction of sp³-hybridized carbons (Fsp3) is 0.533. The molecule has 1 atom stereocenters. The third-order valence-corrected chi connectivity index (χ3v) is 3.91. The first-order valence-electron chi connectivity index (χ1n) is 7.29. The molecule has 0 saturated carbocycles. The van der Waals surface area contributed by atoms with Crippen molar-refractivity contribution in [3.8, 4) is 5.75 Å². The van der Waals surface area contributed by atoms with Crippen molar-refractivity contribution in [1.82, 2.24) is 4.90 Å². The van der Waals surface area contributed by atoms with Crippen LogP contribution in [0.5, 0.6) is 5.75 Å². The summed E-state index contributed by atoms with van der Waals surface area (Å²) in [4.78, 5) is 16.1. The normalized spacial score (nSPS) is 22.2. The number of nitrogens with zero attached hydrogens (tertiary/aromatic N) is 2. The first-order valence-corrected chi connectivity index (χ1v) is 7.29. The third-order valence-electron chi connectivity index (χ3n) is 3.91. The van der Waals surface area contributed by atoms with Crippen LogP contribution >= 0.6 is 0 Å². The smallest absolute Gasteiger partial charge is 0.250 e. The number of rotatable bonds is 3. The average Bonchev–Trinajstić information content (AvgIpc) is 2.87. The van der Waals surface area contributed by atoms with E-state index >= 15 is 0 Å². The molecule has 114 valence electrons. The van der Waals surface area contributed by atoms with E-state index in [2.05, 4.69) is 23.6 Å². The summed E-state index contributed by atoms with van der Waals surface area (Å²) in [5.74, 6) is 0.292. The molecular formula is C15H21N3O3. The Hall–Kier alpha value is -1.79. The molecule has 0 spiro atoms. The highest BCUT2D eigenvalue weighted by Crippen LogP contribution is 2.42. The molecule has 0 bridgehead atoms. The van der Waals surface area contributed by atoms with Gasteiger partial charge in [0.15, 0.2) is 0 Å². The van der Waals surface area contributed by atoms with Gasteiger partial charge in [0.25, 0.3) is 5.91 Å². The van der Waals surface area contributed by atoms with Crippen molar-refractivity contribution >= 4 is 11.6 Å². The van der Waals surface area contributed by atoms with Gasteiger partial charge >= 0.3 is 0 Å². The van der Waals surface area contributed by atoms with Crippen molar-refractivity contribution in [2.24, 2.45) is 5.73 Å². The summed E-state index contributed by atoms with van der Waals surface area (Å²) in [6.45, 7) is 7.20. The Morgan fingerprint density at radius 3 is 2.67 bits per heavy atom. The van der Waals surface area contributed by atoms with E-state index in [1.807, 2.05) is 6.07 Å². The molecule has 1 amide bonds. The predicted molar refractivity (Wildman–Crippen MR) is 79.4 cm³/mol. The quantitative estimate of drug-likeness (QED) is 0.900. The van der Waals surface area contributed by atoms with Crippen molar-refractivity contribution < 1.29 is 14.3 Å². The largest absolute Gasteiger partial charge is 0.455 e. The van der Waals surface area contributed by atoms with Crippen molar-refractivity contribution in [3.63, 3.8) is 0 Å². The van der Waals surface area contributed by atoms with E-state index in [0.29, 0.717) is 18.8 Å². The Labute approximate surface area is 124 Å². The zero-order chi connectivity index (χ0) is 15.0. The number of para-hydroxylation sites is 1. The van der Waals surface area contributed by atoms with Gasteiger partial charge < -0.3 is 20.1 Å². The standard InChI is InChI=1S/C15H21N3O3/c1-10(2)18-13-11(14(16)19)4-3-5-12(13)21-15(18)17-6-8-20-9-7-17/h3-5,10,15H,6-9H2,1-2H3,(H2,16,19)/t15-/m1/s1. The van der Waals surface area contributed by atoms with Gasteiger partial charge in [0.1, 0.15) is 5.75 Å². The topological polar surface area (TPSA) is 68.0 Å². The van der Waals surface area contributed by atoms with Gasteiger partial charge in [-0.25, -0.2) is 4.90 Å². The number of ether oxygens (including phenoxy) is 2. The maximum absolute atomic E-state index is 11.7. The maximum Gasteiger partial charge on any atom is 0.250 e. The Balaban J connectivity index is 1.99. The molecule has 21 heavy (non-hydrogen) atoms. The van der Waals surface area contributed by atoms with E-state index in [1.54, 1.807) is 12.1 Å². The van der Waals surface area contributed by atoms with Crippen LogP contribution in [0, 0.1) is 0 Å². The van der Waals surface area contributed by atoms with Gasteiger partial charge in [0.2, 0.25) is 6.35 Å². The summed E-state index contributed by atoms with van der Waals surface area (Å²) in [5.41, 5.74) is 6.83. The van der Waals surface area contributed by atoms with E-state index in [9.17, 15) is 4.79 Å². The van der Waals surface area contributed by atoms with Gasteiger partial charge in [0.05, 0.1) is 24.5 Å². The zero-order valence-electron chi connectivity index (χ0n) is 12.4.